The van der Waals surface area contributed by atoms with E-state index in [4.69, 9.17) is 21.1 Å². The standard InChI is InChI=1S/C14H13ClO2/c1-10-5-3-4-6-13(10)17-11-7-8-14(16-2)12(15)9-11/h3-9H,1-2H3. The number of para-hydroxylation sites is 1. The molecule has 0 atom stereocenters. The fourth-order valence-corrected chi connectivity index (χ4v) is 1.76. The highest BCUT2D eigenvalue weighted by atomic mass is 35.5. The van der Waals surface area contributed by atoms with E-state index in [0.717, 1.165) is 11.3 Å². The van der Waals surface area contributed by atoms with Gasteiger partial charge in [0, 0.05) is 6.07 Å². The van der Waals surface area contributed by atoms with Crippen LogP contribution in [0.2, 0.25) is 5.02 Å². The Kier molecular flexibility index (Phi) is 3.55. The molecule has 0 aromatic heterocycles. The van der Waals surface area contributed by atoms with Crippen LogP contribution in [0.5, 0.6) is 17.2 Å². The van der Waals surface area contributed by atoms with Crippen LogP contribution in [0.1, 0.15) is 5.56 Å². The summed E-state index contributed by atoms with van der Waals surface area (Å²) in [4.78, 5) is 0. The van der Waals surface area contributed by atoms with E-state index < -0.39 is 0 Å². The zero-order valence-electron chi connectivity index (χ0n) is 9.74. The van der Waals surface area contributed by atoms with Crippen LogP contribution in [0.4, 0.5) is 0 Å². The first kappa shape index (κ1) is 11.8. The van der Waals surface area contributed by atoms with Crippen molar-refractivity contribution in [2.75, 3.05) is 7.11 Å². The van der Waals surface area contributed by atoms with E-state index in [1.165, 1.54) is 0 Å². The highest BCUT2D eigenvalue weighted by molar-refractivity contribution is 6.32. The highest BCUT2D eigenvalue weighted by Crippen LogP contribution is 2.31. The lowest BCUT2D eigenvalue weighted by Gasteiger charge is -2.10. The molecule has 2 rings (SSSR count). The molecule has 0 saturated carbocycles. The summed E-state index contributed by atoms with van der Waals surface area (Å²) in [5, 5.41) is 0.540. The van der Waals surface area contributed by atoms with E-state index in [1.807, 2.05) is 37.3 Å². The molecule has 0 aliphatic heterocycles. The average molecular weight is 249 g/mol. The van der Waals surface area contributed by atoms with E-state index >= 15 is 0 Å². The maximum absolute atomic E-state index is 6.03. The molecular weight excluding hydrogens is 236 g/mol. The lowest BCUT2D eigenvalue weighted by Crippen LogP contribution is -1.88. The van der Waals surface area contributed by atoms with Crippen LogP contribution in [-0.2, 0) is 0 Å². The summed E-state index contributed by atoms with van der Waals surface area (Å²) in [6.07, 6.45) is 0. The van der Waals surface area contributed by atoms with Crippen LogP contribution in [0.3, 0.4) is 0 Å². The summed E-state index contributed by atoms with van der Waals surface area (Å²) in [5.74, 6) is 2.17. The molecule has 17 heavy (non-hydrogen) atoms. The third kappa shape index (κ3) is 2.71. The molecule has 2 aromatic rings. The van der Waals surface area contributed by atoms with Crippen molar-refractivity contribution in [3.8, 4) is 17.2 Å². The molecule has 0 aliphatic carbocycles. The summed E-state index contributed by atoms with van der Waals surface area (Å²) in [7, 11) is 1.59. The Bertz CT molecular complexity index is 523. The average Bonchev–Trinajstić information content (AvgIpc) is 2.32. The van der Waals surface area contributed by atoms with Crippen LogP contribution in [0.15, 0.2) is 42.5 Å². The molecule has 0 spiro atoms. The van der Waals surface area contributed by atoms with Gasteiger partial charge >= 0.3 is 0 Å². The van der Waals surface area contributed by atoms with Gasteiger partial charge in [-0.05, 0) is 30.7 Å². The van der Waals surface area contributed by atoms with E-state index in [-0.39, 0.29) is 0 Å². The normalized spacial score (nSPS) is 10.1. The maximum Gasteiger partial charge on any atom is 0.137 e. The molecule has 0 amide bonds. The van der Waals surface area contributed by atoms with Crippen LogP contribution in [0.25, 0.3) is 0 Å². The summed E-state index contributed by atoms with van der Waals surface area (Å²) in [5.41, 5.74) is 1.08. The third-order valence-electron chi connectivity index (χ3n) is 2.44. The van der Waals surface area contributed by atoms with E-state index in [9.17, 15) is 0 Å². The number of benzene rings is 2. The molecule has 0 bridgehead atoms. The molecule has 0 N–H and O–H groups in total. The summed E-state index contributed by atoms with van der Waals surface area (Å²) in [6, 6.07) is 13.2. The molecule has 0 saturated heterocycles. The van der Waals surface area contributed by atoms with E-state index in [2.05, 4.69) is 0 Å². The summed E-state index contributed by atoms with van der Waals surface area (Å²) >= 11 is 6.03. The fraction of sp³-hybridized carbons (Fsp3) is 0.143. The van der Waals surface area contributed by atoms with Gasteiger partial charge in [-0.25, -0.2) is 0 Å². The monoisotopic (exact) mass is 248 g/mol. The topological polar surface area (TPSA) is 18.5 Å². The number of ether oxygens (including phenoxy) is 2. The number of hydrogen-bond acceptors (Lipinski definition) is 2. The molecular formula is C14H13ClO2. The van der Waals surface area contributed by atoms with Gasteiger partial charge in [-0.15, -0.1) is 0 Å². The second-order valence-electron chi connectivity index (χ2n) is 3.66. The van der Waals surface area contributed by atoms with Crippen molar-refractivity contribution in [1.29, 1.82) is 0 Å². The lowest BCUT2D eigenvalue weighted by molar-refractivity contribution is 0.413. The first-order valence-electron chi connectivity index (χ1n) is 5.27. The van der Waals surface area contributed by atoms with Crippen molar-refractivity contribution in [3.63, 3.8) is 0 Å². The van der Waals surface area contributed by atoms with Gasteiger partial charge in [-0.3, -0.25) is 0 Å². The molecule has 0 heterocycles. The van der Waals surface area contributed by atoms with Crippen molar-refractivity contribution in [2.24, 2.45) is 0 Å². The van der Waals surface area contributed by atoms with Gasteiger partial charge in [-0.1, -0.05) is 29.8 Å². The number of halogens is 1. The lowest BCUT2D eigenvalue weighted by atomic mass is 10.2. The fourth-order valence-electron chi connectivity index (χ4n) is 1.51. The summed E-state index contributed by atoms with van der Waals surface area (Å²) in [6.45, 7) is 2.00. The Morgan fingerprint density at radius 2 is 1.76 bits per heavy atom. The third-order valence-corrected chi connectivity index (χ3v) is 2.74. The van der Waals surface area contributed by atoms with Gasteiger partial charge in [0.05, 0.1) is 12.1 Å². The van der Waals surface area contributed by atoms with E-state index in [0.29, 0.717) is 16.5 Å². The molecule has 0 fully saturated rings. The van der Waals surface area contributed by atoms with E-state index in [1.54, 1.807) is 19.2 Å². The molecule has 0 aliphatic rings. The number of aryl methyl sites for hydroxylation is 1. The molecule has 2 aromatic carbocycles. The van der Waals surface area contributed by atoms with Gasteiger partial charge in [0.2, 0.25) is 0 Å². The predicted molar refractivity (Wildman–Crippen MR) is 69.3 cm³/mol. The van der Waals surface area contributed by atoms with Crippen molar-refractivity contribution in [1.82, 2.24) is 0 Å². The Balaban J connectivity index is 2.25. The first-order valence-corrected chi connectivity index (χ1v) is 5.65. The molecule has 3 heteroatoms. The van der Waals surface area contributed by atoms with Crippen LogP contribution < -0.4 is 9.47 Å². The zero-order chi connectivity index (χ0) is 12.3. The molecule has 2 nitrogen and oxygen atoms in total. The van der Waals surface area contributed by atoms with Crippen molar-refractivity contribution in [2.45, 2.75) is 6.92 Å². The number of methoxy groups -OCH3 is 1. The Morgan fingerprint density at radius 3 is 2.41 bits per heavy atom. The second-order valence-corrected chi connectivity index (χ2v) is 4.07. The Hall–Kier alpha value is -1.67. The summed E-state index contributed by atoms with van der Waals surface area (Å²) < 4.78 is 10.8. The van der Waals surface area contributed by atoms with Crippen LogP contribution >= 0.6 is 11.6 Å². The largest absolute Gasteiger partial charge is 0.495 e. The maximum atomic E-state index is 6.03. The Morgan fingerprint density at radius 1 is 1.00 bits per heavy atom. The smallest absolute Gasteiger partial charge is 0.137 e. The Labute approximate surface area is 106 Å². The van der Waals surface area contributed by atoms with Crippen LogP contribution in [-0.4, -0.2) is 7.11 Å². The van der Waals surface area contributed by atoms with Gasteiger partial charge in [-0.2, -0.15) is 0 Å². The molecule has 0 unspecified atom stereocenters. The predicted octanol–water partition coefficient (Wildman–Crippen LogP) is 4.45. The quantitative estimate of drug-likeness (QED) is 0.799. The van der Waals surface area contributed by atoms with Crippen molar-refractivity contribution >= 4 is 11.6 Å². The van der Waals surface area contributed by atoms with Crippen LogP contribution in [0, 0.1) is 6.92 Å². The second kappa shape index (κ2) is 5.11. The number of hydrogen-bond donors (Lipinski definition) is 0. The van der Waals surface area contributed by atoms with Gasteiger partial charge in [0.25, 0.3) is 0 Å². The molecule has 0 radical (unpaired) electrons. The first-order chi connectivity index (χ1) is 8.20. The van der Waals surface area contributed by atoms with Crippen molar-refractivity contribution in [3.05, 3.63) is 53.1 Å². The minimum Gasteiger partial charge on any atom is -0.495 e. The zero-order valence-corrected chi connectivity index (χ0v) is 10.5. The van der Waals surface area contributed by atoms with Gasteiger partial charge in [0.1, 0.15) is 17.2 Å². The van der Waals surface area contributed by atoms with Gasteiger partial charge in [0.15, 0.2) is 0 Å². The number of rotatable bonds is 3. The van der Waals surface area contributed by atoms with Gasteiger partial charge < -0.3 is 9.47 Å². The minimum absolute atomic E-state index is 0.540. The minimum atomic E-state index is 0.540. The SMILES string of the molecule is COc1ccc(Oc2ccccc2C)cc1Cl. The highest BCUT2D eigenvalue weighted by Gasteiger charge is 2.04. The van der Waals surface area contributed by atoms with Crippen molar-refractivity contribution < 1.29 is 9.47 Å². The molecule has 88 valence electrons.